The van der Waals surface area contributed by atoms with Crippen molar-refractivity contribution in [3.8, 4) is 5.75 Å². The summed E-state index contributed by atoms with van der Waals surface area (Å²) in [6.45, 7) is 0.633. The first kappa shape index (κ1) is 14.8. The molecule has 1 saturated carbocycles. The van der Waals surface area contributed by atoms with E-state index >= 15 is 0 Å². The Morgan fingerprint density at radius 2 is 1.96 bits per heavy atom. The van der Waals surface area contributed by atoms with Gasteiger partial charge in [-0.2, -0.15) is 0 Å². The number of benzene rings is 2. The number of nitrogens with one attached hydrogen (secondary N) is 2. The molecule has 0 saturated heterocycles. The summed E-state index contributed by atoms with van der Waals surface area (Å²) in [5.74, 6) is 0.245. The molecule has 24 heavy (non-hydrogen) atoms. The van der Waals surface area contributed by atoms with Gasteiger partial charge < -0.3 is 15.4 Å². The highest BCUT2D eigenvalue weighted by Crippen LogP contribution is 2.47. The number of fused-ring (bicyclic) bond motifs is 1. The first-order valence-electron chi connectivity index (χ1n) is 8.07. The van der Waals surface area contributed by atoms with Crippen molar-refractivity contribution < 1.29 is 14.3 Å². The minimum atomic E-state index is -0.207. The van der Waals surface area contributed by atoms with Gasteiger partial charge in [0.25, 0.3) is 11.8 Å². The summed E-state index contributed by atoms with van der Waals surface area (Å²) in [5, 5.41) is 5.75. The fraction of sp³-hybridized carbons (Fsp3) is 0.263. The van der Waals surface area contributed by atoms with Crippen LogP contribution < -0.4 is 15.4 Å². The molecule has 1 heterocycles. The molecule has 0 spiro atoms. The van der Waals surface area contributed by atoms with E-state index in [2.05, 4.69) is 22.8 Å². The van der Waals surface area contributed by atoms with Crippen molar-refractivity contribution >= 4 is 17.5 Å². The van der Waals surface area contributed by atoms with Crippen LogP contribution in [0.4, 0.5) is 5.69 Å². The molecule has 0 bridgehead atoms. The monoisotopic (exact) mass is 322 g/mol. The number of carbonyl (C=O) groups excluding carboxylic acids is 2. The maximum Gasteiger partial charge on any atom is 0.262 e. The van der Waals surface area contributed by atoms with E-state index in [0.717, 1.165) is 12.8 Å². The zero-order valence-electron chi connectivity index (χ0n) is 13.2. The van der Waals surface area contributed by atoms with Crippen LogP contribution in [0.2, 0.25) is 0 Å². The Morgan fingerprint density at radius 1 is 1.17 bits per heavy atom. The third-order valence-corrected chi connectivity index (χ3v) is 4.70. The van der Waals surface area contributed by atoms with Gasteiger partial charge >= 0.3 is 0 Å². The molecule has 1 aliphatic heterocycles. The van der Waals surface area contributed by atoms with E-state index < -0.39 is 0 Å². The lowest BCUT2D eigenvalue weighted by atomic mass is 9.96. The van der Waals surface area contributed by atoms with Gasteiger partial charge in [-0.3, -0.25) is 9.59 Å². The van der Waals surface area contributed by atoms with Gasteiger partial charge in [-0.05, 0) is 36.6 Å². The average molecular weight is 322 g/mol. The second-order valence-electron chi connectivity index (χ2n) is 6.38. The van der Waals surface area contributed by atoms with Gasteiger partial charge in [-0.1, -0.05) is 30.3 Å². The van der Waals surface area contributed by atoms with E-state index in [1.54, 1.807) is 18.2 Å². The zero-order valence-corrected chi connectivity index (χ0v) is 13.2. The highest BCUT2D eigenvalue weighted by Gasteiger charge is 2.44. The van der Waals surface area contributed by atoms with Gasteiger partial charge in [0.1, 0.15) is 5.75 Å². The van der Waals surface area contributed by atoms with Crippen molar-refractivity contribution in [3.63, 3.8) is 0 Å². The summed E-state index contributed by atoms with van der Waals surface area (Å²) in [7, 11) is 0. The third-order valence-electron chi connectivity index (χ3n) is 4.70. The summed E-state index contributed by atoms with van der Waals surface area (Å²) in [4.78, 5) is 23.8. The molecule has 5 nitrogen and oxygen atoms in total. The standard InChI is InChI=1S/C19H18N2O3/c22-17-11-24-16-7-6-13(10-15(16)21-17)18(23)20-12-19(8-9-19)14-4-2-1-3-5-14/h1-7,10H,8-9,11-12H2,(H,20,23)(H,21,22). The topological polar surface area (TPSA) is 67.4 Å². The molecule has 122 valence electrons. The first-order valence-corrected chi connectivity index (χ1v) is 8.07. The lowest BCUT2D eigenvalue weighted by Gasteiger charge is -2.19. The van der Waals surface area contributed by atoms with Crippen LogP contribution in [-0.2, 0) is 10.2 Å². The molecular formula is C19H18N2O3. The maximum absolute atomic E-state index is 12.5. The molecule has 0 unspecified atom stereocenters. The zero-order chi connectivity index (χ0) is 16.6. The van der Waals surface area contributed by atoms with Crippen LogP contribution in [0.3, 0.4) is 0 Å². The van der Waals surface area contributed by atoms with Crippen LogP contribution in [0, 0.1) is 0 Å². The molecule has 0 radical (unpaired) electrons. The number of carbonyl (C=O) groups is 2. The lowest BCUT2D eigenvalue weighted by Crippen LogP contribution is -2.32. The largest absolute Gasteiger partial charge is 0.482 e. The van der Waals surface area contributed by atoms with E-state index in [-0.39, 0.29) is 23.8 Å². The highest BCUT2D eigenvalue weighted by atomic mass is 16.5. The molecular weight excluding hydrogens is 304 g/mol. The van der Waals surface area contributed by atoms with Crippen LogP contribution >= 0.6 is 0 Å². The molecule has 2 aliphatic rings. The quantitative estimate of drug-likeness (QED) is 0.909. The van der Waals surface area contributed by atoms with Gasteiger partial charge in [-0.25, -0.2) is 0 Å². The van der Waals surface area contributed by atoms with Gasteiger partial charge in [0, 0.05) is 17.5 Å². The summed E-state index contributed by atoms with van der Waals surface area (Å²) >= 11 is 0. The minimum absolute atomic E-state index is 0.0120. The number of anilines is 1. The van der Waals surface area contributed by atoms with Gasteiger partial charge in [0.05, 0.1) is 5.69 Å². The number of hydrogen-bond acceptors (Lipinski definition) is 3. The predicted molar refractivity (Wildman–Crippen MR) is 90.3 cm³/mol. The van der Waals surface area contributed by atoms with E-state index in [0.29, 0.717) is 23.5 Å². The molecule has 2 aromatic carbocycles. The molecule has 2 aromatic rings. The van der Waals surface area contributed by atoms with E-state index in [9.17, 15) is 9.59 Å². The predicted octanol–water partition coefficient (Wildman–Crippen LogP) is 2.48. The molecule has 2 N–H and O–H groups in total. The molecule has 5 heteroatoms. The number of rotatable bonds is 4. The van der Waals surface area contributed by atoms with Crippen LogP contribution in [0.25, 0.3) is 0 Å². The van der Waals surface area contributed by atoms with Gasteiger partial charge in [0.2, 0.25) is 0 Å². The summed E-state index contributed by atoms with van der Waals surface area (Å²) in [6, 6.07) is 15.4. The number of ether oxygens (including phenoxy) is 1. The number of amides is 2. The van der Waals surface area contributed by atoms with Crippen LogP contribution in [-0.4, -0.2) is 25.0 Å². The number of hydrogen-bond donors (Lipinski definition) is 2. The Kier molecular flexibility index (Phi) is 3.49. The fourth-order valence-corrected chi connectivity index (χ4v) is 3.09. The molecule has 0 atom stereocenters. The van der Waals surface area contributed by atoms with Crippen molar-refractivity contribution in [2.45, 2.75) is 18.3 Å². The van der Waals surface area contributed by atoms with Crippen LogP contribution in [0.1, 0.15) is 28.8 Å². The van der Waals surface area contributed by atoms with Crippen molar-refractivity contribution in [3.05, 3.63) is 59.7 Å². The van der Waals surface area contributed by atoms with E-state index in [1.807, 2.05) is 18.2 Å². The van der Waals surface area contributed by atoms with Gasteiger partial charge in [0.15, 0.2) is 6.61 Å². The summed E-state index contributed by atoms with van der Waals surface area (Å²) in [5.41, 5.74) is 2.41. The second kappa shape index (κ2) is 5.67. The van der Waals surface area contributed by atoms with E-state index in [1.165, 1.54) is 5.56 Å². The Balaban J connectivity index is 1.46. The Hall–Kier alpha value is -2.82. The molecule has 1 aliphatic carbocycles. The van der Waals surface area contributed by atoms with Crippen molar-refractivity contribution in [2.75, 3.05) is 18.5 Å². The molecule has 1 fully saturated rings. The second-order valence-corrected chi connectivity index (χ2v) is 6.38. The molecule has 4 rings (SSSR count). The molecule has 0 aromatic heterocycles. The Morgan fingerprint density at radius 3 is 2.71 bits per heavy atom. The van der Waals surface area contributed by atoms with E-state index in [4.69, 9.17) is 4.74 Å². The van der Waals surface area contributed by atoms with Crippen LogP contribution in [0.5, 0.6) is 5.75 Å². The Labute approximate surface area is 140 Å². The fourth-order valence-electron chi connectivity index (χ4n) is 3.09. The van der Waals surface area contributed by atoms with Crippen molar-refractivity contribution in [1.82, 2.24) is 5.32 Å². The third kappa shape index (κ3) is 2.73. The molecule has 2 amide bonds. The maximum atomic E-state index is 12.5. The first-order chi connectivity index (χ1) is 11.7. The lowest BCUT2D eigenvalue weighted by molar-refractivity contribution is -0.118. The van der Waals surface area contributed by atoms with Crippen molar-refractivity contribution in [2.24, 2.45) is 0 Å². The highest BCUT2D eigenvalue weighted by molar-refractivity contribution is 5.99. The summed E-state index contributed by atoms with van der Waals surface area (Å²) < 4.78 is 5.31. The SMILES string of the molecule is O=C1COc2ccc(C(=O)NCC3(c4ccccc4)CC3)cc2N1. The summed E-state index contributed by atoms with van der Waals surface area (Å²) in [6.07, 6.45) is 2.18. The van der Waals surface area contributed by atoms with Crippen molar-refractivity contribution in [1.29, 1.82) is 0 Å². The minimum Gasteiger partial charge on any atom is -0.482 e. The normalized spacial score (nSPS) is 17.2. The smallest absolute Gasteiger partial charge is 0.262 e. The van der Waals surface area contributed by atoms with Crippen LogP contribution in [0.15, 0.2) is 48.5 Å². The average Bonchev–Trinajstić information content (AvgIpc) is 3.41. The Bertz CT molecular complexity index is 798. The van der Waals surface area contributed by atoms with Gasteiger partial charge in [-0.15, -0.1) is 0 Å².